The molecule has 116 valence electrons. The lowest BCUT2D eigenvalue weighted by atomic mass is 9.89. The SMILES string of the molecule is CCCCC(CC)C(Br)c1cc2c(cc1F)NC(=O)CC2. The van der Waals surface area contributed by atoms with E-state index in [9.17, 15) is 9.18 Å². The molecule has 0 radical (unpaired) electrons. The Bertz CT molecular complexity index is 518. The van der Waals surface area contributed by atoms with Crippen LogP contribution >= 0.6 is 15.9 Å². The molecule has 1 aromatic carbocycles. The zero-order valence-corrected chi connectivity index (χ0v) is 14.3. The van der Waals surface area contributed by atoms with E-state index in [0.717, 1.165) is 30.4 Å². The smallest absolute Gasteiger partial charge is 0.224 e. The average molecular weight is 356 g/mol. The molecule has 1 aliphatic heterocycles. The van der Waals surface area contributed by atoms with Crippen molar-refractivity contribution in [1.29, 1.82) is 0 Å². The summed E-state index contributed by atoms with van der Waals surface area (Å²) in [7, 11) is 0. The Kier molecular flexibility index (Phi) is 5.80. The van der Waals surface area contributed by atoms with Gasteiger partial charge in [0.2, 0.25) is 5.91 Å². The van der Waals surface area contributed by atoms with Crippen molar-refractivity contribution in [2.75, 3.05) is 5.32 Å². The highest BCUT2D eigenvalue weighted by molar-refractivity contribution is 9.09. The molecule has 2 nitrogen and oxygen atoms in total. The summed E-state index contributed by atoms with van der Waals surface area (Å²) in [5.74, 6) is 0.183. The van der Waals surface area contributed by atoms with Crippen LogP contribution in [0.25, 0.3) is 0 Å². The first-order valence-electron chi connectivity index (χ1n) is 7.83. The molecule has 1 aromatic rings. The van der Waals surface area contributed by atoms with Gasteiger partial charge in [0.05, 0.1) is 0 Å². The fourth-order valence-electron chi connectivity index (χ4n) is 2.91. The van der Waals surface area contributed by atoms with Crippen LogP contribution in [0.15, 0.2) is 12.1 Å². The fourth-order valence-corrected chi connectivity index (χ4v) is 3.90. The van der Waals surface area contributed by atoms with Crippen LogP contribution in [0.5, 0.6) is 0 Å². The van der Waals surface area contributed by atoms with Crippen molar-refractivity contribution in [1.82, 2.24) is 0 Å². The second-order valence-corrected chi connectivity index (χ2v) is 6.78. The maximum atomic E-state index is 14.4. The highest BCUT2D eigenvalue weighted by Gasteiger charge is 2.24. The lowest BCUT2D eigenvalue weighted by Gasteiger charge is -2.24. The second-order valence-electron chi connectivity index (χ2n) is 5.79. The third-order valence-corrected chi connectivity index (χ3v) is 5.52. The number of hydrogen-bond donors (Lipinski definition) is 1. The number of nitrogens with one attached hydrogen (secondary N) is 1. The molecule has 2 rings (SSSR count). The number of aryl methyl sites for hydroxylation is 1. The predicted octanol–water partition coefficient (Wildman–Crippen LogP) is 5.36. The number of carbonyl (C=O) groups is 1. The van der Waals surface area contributed by atoms with Crippen molar-refractivity contribution < 1.29 is 9.18 Å². The largest absolute Gasteiger partial charge is 0.326 e. The highest BCUT2D eigenvalue weighted by Crippen LogP contribution is 2.39. The number of amides is 1. The Hall–Kier alpha value is -0.900. The van der Waals surface area contributed by atoms with E-state index >= 15 is 0 Å². The van der Waals surface area contributed by atoms with E-state index in [2.05, 4.69) is 35.1 Å². The van der Waals surface area contributed by atoms with Crippen LogP contribution in [0, 0.1) is 11.7 Å². The minimum Gasteiger partial charge on any atom is -0.326 e. The number of alkyl halides is 1. The first-order valence-corrected chi connectivity index (χ1v) is 8.74. The summed E-state index contributed by atoms with van der Waals surface area (Å²) in [4.78, 5) is 11.4. The molecular formula is C17H23BrFNO. The molecule has 1 heterocycles. The van der Waals surface area contributed by atoms with E-state index < -0.39 is 0 Å². The summed E-state index contributed by atoms with van der Waals surface area (Å²) < 4.78 is 14.4. The van der Waals surface area contributed by atoms with Gasteiger partial charge in [-0.1, -0.05) is 49.0 Å². The number of fused-ring (bicyclic) bond motifs is 1. The molecule has 1 amide bonds. The molecule has 0 spiro atoms. The van der Waals surface area contributed by atoms with E-state index in [4.69, 9.17) is 0 Å². The first kappa shape index (κ1) is 16.5. The summed E-state index contributed by atoms with van der Waals surface area (Å²) >= 11 is 3.71. The summed E-state index contributed by atoms with van der Waals surface area (Å²) in [6.07, 6.45) is 5.65. The maximum absolute atomic E-state index is 14.4. The molecule has 1 N–H and O–H groups in total. The number of unbranched alkanes of at least 4 members (excludes halogenated alkanes) is 1. The van der Waals surface area contributed by atoms with E-state index in [1.165, 1.54) is 12.5 Å². The molecule has 0 bridgehead atoms. The molecular weight excluding hydrogens is 333 g/mol. The lowest BCUT2D eigenvalue weighted by molar-refractivity contribution is -0.116. The normalized spacial score (nSPS) is 17.0. The number of carbonyl (C=O) groups excluding carboxylic acids is 1. The zero-order valence-electron chi connectivity index (χ0n) is 12.7. The van der Waals surface area contributed by atoms with Crippen molar-refractivity contribution >= 4 is 27.5 Å². The third-order valence-electron chi connectivity index (χ3n) is 4.28. The molecule has 0 aromatic heterocycles. The minimum absolute atomic E-state index is 0.0283. The van der Waals surface area contributed by atoms with Crippen LogP contribution in [0.4, 0.5) is 10.1 Å². The van der Waals surface area contributed by atoms with Crippen molar-refractivity contribution in [3.63, 3.8) is 0 Å². The maximum Gasteiger partial charge on any atom is 0.224 e. The van der Waals surface area contributed by atoms with Gasteiger partial charge in [-0.3, -0.25) is 4.79 Å². The number of benzene rings is 1. The summed E-state index contributed by atoms with van der Waals surface area (Å²) in [6.45, 7) is 4.34. The summed E-state index contributed by atoms with van der Waals surface area (Å²) in [5, 5.41) is 2.75. The van der Waals surface area contributed by atoms with Gasteiger partial charge in [0.25, 0.3) is 0 Å². The summed E-state index contributed by atoms with van der Waals surface area (Å²) in [5.41, 5.74) is 2.41. The predicted molar refractivity (Wildman–Crippen MR) is 88.3 cm³/mol. The Morgan fingerprint density at radius 3 is 2.76 bits per heavy atom. The lowest BCUT2D eigenvalue weighted by Crippen LogP contribution is -2.20. The second kappa shape index (κ2) is 7.39. The standard InChI is InChI=1S/C17H23BrFNO/c1-3-5-6-11(4-2)17(18)13-9-12-7-8-16(21)20-15(12)10-14(13)19/h9-11,17H,3-8H2,1-2H3,(H,20,21). The van der Waals surface area contributed by atoms with E-state index in [0.29, 0.717) is 24.4 Å². The highest BCUT2D eigenvalue weighted by atomic mass is 79.9. The molecule has 0 saturated heterocycles. The molecule has 0 aliphatic carbocycles. The quantitative estimate of drug-likeness (QED) is 0.683. The summed E-state index contributed by atoms with van der Waals surface area (Å²) in [6, 6.07) is 3.40. The van der Waals surface area contributed by atoms with Crippen LogP contribution < -0.4 is 5.32 Å². The van der Waals surface area contributed by atoms with Gasteiger partial charge in [0, 0.05) is 22.5 Å². The van der Waals surface area contributed by atoms with Gasteiger partial charge < -0.3 is 5.32 Å². The van der Waals surface area contributed by atoms with Gasteiger partial charge >= 0.3 is 0 Å². The van der Waals surface area contributed by atoms with Gasteiger partial charge in [-0.2, -0.15) is 0 Å². The Balaban J connectivity index is 2.24. The fraction of sp³-hybridized carbons (Fsp3) is 0.588. The van der Waals surface area contributed by atoms with Crippen LogP contribution in [-0.4, -0.2) is 5.91 Å². The molecule has 2 atom stereocenters. The van der Waals surface area contributed by atoms with Crippen molar-refractivity contribution in [2.45, 2.75) is 57.2 Å². The van der Waals surface area contributed by atoms with Gasteiger partial charge in [0.1, 0.15) is 5.82 Å². The molecule has 1 aliphatic rings. The minimum atomic E-state index is -0.229. The number of halogens is 2. The number of rotatable bonds is 6. The van der Waals surface area contributed by atoms with Crippen LogP contribution in [0.1, 0.15) is 61.9 Å². The first-order chi connectivity index (χ1) is 10.1. The average Bonchev–Trinajstić information content (AvgIpc) is 2.47. The van der Waals surface area contributed by atoms with Crippen LogP contribution in [0.3, 0.4) is 0 Å². The van der Waals surface area contributed by atoms with E-state index in [1.807, 2.05) is 6.07 Å². The molecule has 2 unspecified atom stereocenters. The van der Waals surface area contributed by atoms with Gasteiger partial charge in [-0.15, -0.1) is 0 Å². The number of hydrogen-bond acceptors (Lipinski definition) is 1. The molecule has 0 saturated carbocycles. The Morgan fingerprint density at radius 1 is 1.33 bits per heavy atom. The van der Waals surface area contributed by atoms with E-state index in [-0.39, 0.29) is 16.6 Å². The zero-order chi connectivity index (χ0) is 15.4. The monoisotopic (exact) mass is 355 g/mol. The molecule has 4 heteroatoms. The Labute approximate surface area is 134 Å². The molecule has 0 fully saturated rings. The van der Waals surface area contributed by atoms with Crippen molar-refractivity contribution in [3.8, 4) is 0 Å². The third kappa shape index (κ3) is 3.85. The van der Waals surface area contributed by atoms with Crippen LogP contribution in [-0.2, 0) is 11.2 Å². The van der Waals surface area contributed by atoms with Gasteiger partial charge in [-0.25, -0.2) is 4.39 Å². The van der Waals surface area contributed by atoms with Gasteiger partial charge in [-0.05, 0) is 36.5 Å². The van der Waals surface area contributed by atoms with Crippen LogP contribution in [0.2, 0.25) is 0 Å². The topological polar surface area (TPSA) is 29.1 Å². The molecule has 21 heavy (non-hydrogen) atoms. The van der Waals surface area contributed by atoms with E-state index in [1.54, 1.807) is 0 Å². The van der Waals surface area contributed by atoms with Gasteiger partial charge in [0.15, 0.2) is 0 Å². The van der Waals surface area contributed by atoms with Crippen molar-refractivity contribution in [2.24, 2.45) is 5.92 Å². The Morgan fingerprint density at radius 2 is 2.10 bits per heavy atom. The number of anilines is 1. The van der Waals surface area contributed by atoms with Crippen molar-refractivity contribution in [3.05, 3.63) is 29.1 Å².